The van der Waals surface area contributed by atoms with Crippen molar-refractivity contribution in [3.63, 3.8) is 0 Å². The minimum Gasteiger partial charge on any atom is -0.467 e. The van der Waals surface area contributed by atoms with E-state index in [1.807, 2.05) is 12.1 Å². The Hall–Kier alpha value is -1.70. The van der Waals surface area contributed by atoms with Crippen LogP contribution < -0.4 is 5.32 Å². The Kier molecular flexibility index (Phi) is 3.52. The van der Waals surface area contributed by atoms with E-state index < -0.39 is 0 Å². The van der Waals surface area contributed by atoms with E-state index >= 15 is 0 Å². The SMILES string of the molecule is CCC(Nc1ccc(C)cc1C)c1ccco1. The van der Waals surface area contributed by atoms with Gasteiger partial charge in [0.2, 0.25) is 0 Å². The molecule has 0 bridgehead atoms. The zero-order valence-corrected chi connectivity index (χ0v) is 10.7. The van der Waals surface area contributed by atoms with Crippen LogP contribution in [0.4, 0.5) is 5.69 Å². The Balaban J connectivity index is 2.19. The number of hydrogen-bond donors (Lipinski definition) is 1. The van der Waals surface area contributed by atoms with Crippen LogP contribution in [0.1, 0.15) is 36.3 Å². The topological polar surface area (TPSA) is 25.2 Å². The van der Waals surface area contributed by atoms with E-state index in [0.29, 0.717) is 0 Å². The molecule has 0 amide bonds. The predicted molar refractivity (Wildman–Crippen MR) is 71.3 cm³/mol. The lowest BCUT2D eigenvalue weighted by Crippen LogP contribution is -2.09. The van der Waals surface area contributed by atoms with E-state index in [9.17, 15) is 0 Å². The van der Waals surface area contributed by atoms with Gasteiger partial charge >= 0.3 is 0 Å². The Morgan fingerprint density at radius 1 is 1.24 bits per heavy atom. The molecule has 2 heteroatoms. The molecule has 2 rings (SSSR count). The summed E-state index contributed by atoms with van der Waals surface area (Å²) in [4.78, 5) is 0. The predicted octanol–water partition coefficient (Wildman–Crippen LogP) is 4.46. The van der Waals surface area contributed by atoms with Crippen molar-refractivity contribution in [1.82, 2.24) is 0 Å². The van der Waals surface area contributed by atoms with E-state index in [0.717, 1.165) is 12.2 Å². The van der Waals surface area contributed by atoms with Crippen LogP contribution in [0, 0.1) is 13.8 Å². The summed E-state index contributed by atoms with van der Waals surface area (Å²) >= 11 is 0. The highest BCUT2D eigenvalue weighted by Gasteiger charge is 2.12. The molecule has 2 nitrogen and oxygen atoms in total. The molecule has 1 atom stereocenters. The summed E-state index contributed by atoms with van der Waals surface area (Å²) in [6.07, 6.45) is 2.72. The maximum absolute atomic E-state index is 5.46. The fourth-order valence-corrected chi connectivity index (χ4v) is 2.03. The second-order valence-electron chi connectivity index (χ2n) is 4.44. The van der Waals surface area contributed by atoms with Crippen molar-refractivity contribution in [1.29, 1.82) is 0 Å². The summed E-state index contributed by atoms with van der Waals surface area (Å²) in [7, 11) is 0. The molecule has 0 fully saturated rings. The number of anilines is 1. The van der Waals surface area contributed by atoms with Crippen molar-refractivity contribution in [2.24, 2.45) is 0 Å². The average Bonchev–Trinajstić information content (AvgIpc) is 2.81. The first-order valence-corrected chi connectivity index (χ1v) is 6.08. The summed E-state index contributed by atoms with van der Waals surface area (Å²) in [5, 5.41) is 3.53. The minimum absolute atomic E-state index is 0.242. The van der Waals surface area contributed by atoms with Gasteiger partial charge in [0.1, 0.15) is 5.76 Å². The quantitative estimate of drug-likeness (QED) is 0.837. The number of benzene rings is 1. The van der Waals surface area contributed by atoms with Crippen LogP contribution in [0.2, 0.25) is 0 Å². The molecule has 17 heavy (non-hydrogen) atoms. The van der Waals surface area contributed by atoms with Gasteiger partial charge in [-0.2, -0.15) is 0 Å². The highest BCUT2D eigenvalue weighted by atomic mass is 16.3. The molecule has 2 aromatic rings. The zero-order chi connectivity index (χ0) is 12.3. The number of aryl methyl sites for hydroxylation is 2. The summed E-state index contributed by atoms with van der Waals surface area (Å²) in [6, 6.07) is 10.6. The van der Waals surface area contributed by atoms with E-state index in [4.69, 9.17) is 4.42 Å². The number of rotatable bonds is 4. The molecule has 1 aromatic carbocycles. The fraction of sp³-hybridized carbons (Fsp3) is 0.333. The van der Waals surface area contributed by atoms with E-state index in [1.165, 1.54) is 16.8 Å². The highest BCUT2D eigenvalue weighted by Crippen LogP contribution is 2.25. The second-order valence-corrected chi connectivity index (χ2v) is 4.44. The maximum Gasteiger partial charge on any atom is 0.125 e. The maximum atomic E-state index is 5.46. The van der Waals surface area contributed by atoms with Crippen LogP contribution in [0.15, 0.2) is 41.0 Å². The summed E-state index contributed by atoms with van der Waals surface area (Å²) in [6.45, 7) is 6.40. The van der Waals surface area contributed by atoms with Crippen LogP contribution in [0.25, 0.3) is 0 Å². The summed E-state index contributed by atoms with van der Waals surface area (Å²) < 4.78 is 5.46. The van der Waals surface area contributed by atoms with Crippen molar-refractivity contribution in [2.75, 3.05) is 5.32 Å². The molecule has 90 valence electrons. The summed E-state index contributed by atoms with van der Waals surface area (Å²) in [5.74, 6) is 0.993. The third-order valence-corrected chi connectivity index (χ3v) is 3.01. The van der Waals surface area contributed by atoms with Crippen LogP contribution >= 0.6 is 0 Å². The molecule has 1 aromatic heterocycles. The molecule has 1 unspecified atom stereocenters. The van der Waals surface area contributed by atoms with E-state index in [-0.39, 0.29) is 6.04 Å². The lowest BCUT2D eigenvalue weighted by atomic mass is 10.1. The molecular formula is C15H19NO. The highest BCUT2D eigenvalue weighted by molar-refractivity contribution is 5.53. The molecule has 0 saturated carbocycles. The standard InChI is InChI=1S/C15H19NO/c1-4-13(15-6-5-9-17-15)16-14-8-7-11(2)10-12(14)3/h5-10,13,16H,4H2,1-3H3. The Labute approximate surface area is 103 Å². The lowest BCUT2D eigenvalue weighted by molar-refractivity contribution is 0.474. The Bertz CT molecular complexity index is 474. The Morgan fingerprint density at radius 3 is 2.65 bits per heavy atom. The van der Waals surface area contributed by atoms with Crippen molar-refractivity contribution >= 4 is 5.69 Å². The van der Waals surface area contributed by atoms with Gasteiger partial charge in [0.05, 0.1) is 12.3 Å². The molecule has 0 aliphatic carbocycles. The molecule has 0 radical (unpaired) electrons. The average molecular weight is 229 g/mol. The van der Waals surface area contributed by atoms with Crippen molar-refractivity contribution in [3.05, 3.63) is 53.5 Å². The van der Waals surface area contributed by atoms with Gasteiger partial charge in [0, 0.05) is 5.69 Å². The number of nitrogens with one attached hydrogen (secondary N) is 1. The van der Waals surface area contributed by atoms with Gasteiger partial charge in [0.15, 0.2) is 0 Å². The van der Waals surface area contributed by atoms with Crippen molar-refractivity contribution in [3.8, 4) is 0 Å². The summed E-state index contributed by atoms with van der Waals surface area (Å²) in [5.41, 5.74) is 3.74. The third kappa shape index (κ3) is 2.70. The van der Waals surface area contributed by atoms with Gasteiger partial charge in [0.25, 0.3) is 0 Å². The normalized spacial score (nSPS) is 12.4. The van der Waals surface area contributed by atoms with Gasteiger partial charge in [-0.05, 0) is 44.0 Å². The first-order chi connectivity index (χ1) is 8.20. The molecule has 0 aliphatic heterocycles. The largest absolute Gasteiger partial charge is 0.467 e. The molecule has 0 saturated heterocycles. The zero-order valence-electron chi connectivity index (χ0n) is 10.7. The first kappa shape index (κ1) is 11.8. The van der Waals surface area contributed by atoms with Gasteiger partial charge in [-0.15, -0.1) is 0 Å². The van der Waals surface area contributed by atoms with Crippen molar-refractivity contribution < 1.29 is 4.42 Å². The molecule has 0 aliphatic rings. The van der Waals surface area contributed by atoms with Gasteiger partial charge in [-0.3, -0.25) is 0 Å². The lowest BCUT2D eigenvalue weighted by Gasteiger charge is -2.18. The van der Waals surface area contributed by atoms with Crippen LogP contribution in [0.5, 0.6) is 0 Å². The van der Waals surface area contributed by atoms with E-state index in [2.05, 4.69) is 44.3 Å². The molecular weight excluding hydrogens is 210 g/mol. The molecule has 1 heterocycles. The monoisotopic (exact) mass is 229 g/mol. The molecule has 1 N–H and O–H groups in total. The van der Waals surface area contributed by atoms with Crippen LogP contribution in [-0.4, -0.2) is 0 Å². The van der Waals surface area contributed by atoms with Gasteiger partial charge in [-0.1, -0.05) is 24.6 Å². The van der Waals surface area contributed by atoms with Crippen LogP contribution in [-0.2, 0) is 0 Å². The minimum atomic E-state index is 0.242. The van der Waals surface area contributed by atoms with Crippen molar-refractivity contribution in [2.45, 2.75) is 33.2 Å². The van der Waals surface area contributed by atoms with E-state index in [1.54, 1.807) is 6.26 Å². The third-order valence-electron chi connectivity index (χ3n) is 3.01. The number of furan rings is 1. The molecule has 0 spiro atoms. The van der Waals surface area contributed by atoms with Gasteiger partial charge < -0.3 is 9.73 Å². The smallest absolute Gasteiger partial charge is 0.125 e. The number of hydrogen-bond acceptors (Lipinski definition) is 2. The Morgan fingerprint density at radius 2 is 2.06 bits per heavy atom. The van der Waals surface area contributed by atoms with Crippen LogP contribution in [0.3, 0.4) is 0 Å². The first-order valence-electron chi connectivity index (χ1n) is 6.08. The second kappa shape index (κ2) is 5.09. The fourth-order valence-electron chi connectivity index (χ4n) is 2.03. The van der Waals surface area contributed by atoms with Gasteiger partial charge in [-0.25, -0.2) is 0 Å².